The average Bonchev–Trinajstić information content (AvgIpc) is 2.74. The zero-order valence-electron chi connectivity index (χ0n) is 8.71. The number of nitrogens with two attached hydrogens (primary N) is 1. The number of carbonyl (C=O) groups is 1. The summed E-state index contributed by atoms with van der Waals surface area (Å²) in [5, 5.41) is 9.01. The van der Waals surface area contributed by atoms with Crippen LogP contribution in [0.2, 0.25) is 0 Å². The molecule has 2 rings (SSSR count). The molecule has 0 atom stereocenters. The number of nitrogen functional groups attached to an aromatic ring is 1. The van der Waals surface area contributed by atoms with Crippen molar-refractivity contribution in [3.05, 3.63) is 42.0 Å². The quantitative estimate of drug-likeness (QED) is 0.746. The zero-order valence-corrected chi connectivity index (χ0v) is 8.71. The van der Waals surface area contributed by atoms with Gasteiger partial charge in [0.1, 0.15) is 0 Å². The molecule has 0 radical (unpaired) electrons. The molecule has 0 saturated heterocycles. The molecule has 0 spiro atoms. The van der Waals surface area contributed by atoms with Crippen molar-refractivity contribution in [1.29, 1.82) is 0 Å². The first kappa shape index (κ1) is 10.2. The van der Waals surface area contributed by atoms with Crippen molar-refractivity contribution in [1.82, 2.24) is 9.55 Å². The van der Waals surface area contributed by atoms with Crippen molar-refractivity contribution in [2.24, 2.45) is 0 Å². The molecule has 5 nitrogen and oxygen atoms in total. The van der Waals surface area contributed by atoms with Gasteiger partial charge in [0.25, 0.3) is 0 Å². The summed E-state index contributed by atoms with van der Waals surface area (Å²) in [5.41, 5.74) is 7.59. The van der Waals surface area contributed by atoms with Gasteiger partial charge < -0.3 is 15.4 Å². The van der Waals surface area contributed by atoms with E-state index in [0.717, 1.165) is 11.3 Å². The second kappa shape index (κ2) is 3.69. The molecule has 1 heterocycles. The molecule has 0 amide bonds. The first-order valence-electron chi connectivity index (χ1n) is 4.71. The van der Waals surface area contributed by atoms with E-state index >= 15 is 0 Å². The van der Waals surface area contributed by atoms with Gasteiger partial charge in [0, 0.05) is 23.8 Å². The number of aromatic carboxylic acids is 1. The van der Waals surface area contributed by atoms with Crippen molar-refractivity contribution in [3.8, 4) is 5.69 Å². The minimum atomic E-state index is -1.03. The van der Waals surface area contributed by atoms with Crippen LogP contribution in [-0.2, 0) is 0 Å². The number of carboxylic acids is 1. The maximum absolute atomic E-state index is 11.0. The first-order valence-corrected chi connectivity index (χ1v) is 4.71. The maximum atomic E-state index is 11.0. The largest absolute Gasteiger partial charge is 0.478 e. The summed E-state index contributed by atoms with van der Waals surface area (Å²) in [5.74, 6) is -1.03. The van der Waals surface area contributed by atoms with Crippen LogP contribution in [0.3, 0.4) is 0 Å². The number of rotatable bonds is 2. The Hall–Kier alpha value is -2.30. The van der Waals surface area contributed by atoms with Gasteiger partial charge in [-0.15, -0.1) is 0 Å². The molecule has 0 aliphatic carbocycles. The number of hydrogen-bond acceptors (Lipinski definition) is 3. The molecule has 5 heteroatoms. The molecular weight excluding hydrogens is 206 g/mol. The number of aromatic nitrogens is 2. The highest BCUT2D eigenvalue weighted by molar-refractivity contribution is 5.95. The molecule has 82 valence electrons. The number of carboxylic acid groups (broad SMARTS) is 1. The van der Waals surface area contributed by atoms with Crippen LogP contribution in [0.25, 0.3) is 5.69 Å². The molecule has 3 N–H and O–H groups in total. The van der Waals surface area contributed by atoms with Crippen LogP contribution < -0.4 is 5.73 Å². The standard InChI is InChI=1S/C11H11N3O2/c1-7-4-8(14-3-2-13-6-14)5-9(10(7)12)11(15)16/h2-6H,12H2,1H3,(H,15,16). The van der Waals surface area contributed by atoms with E-state index in [1.807, 2.05) is 6.07 Å². The van der Waals surface area contributed by atoms with Gasteiger partial charge >= 0.3 is 5.97 Å². The fourth-order valence-corrected chi connectivity index (χ4v) is 1.52. The number of nitrogens with zero attached hydrogens (tertiary/aromatic N) is 2. The summed E-state index contributed by atoms with van der Waals surface area (Å²) in [6.07, 6.45) is 4.99. The Morgan fingerprint density at radius 2 is 2.25 bits per heavy atom. The third-order valence-electron chi connectivity index (χ3n) is 2.40. The van der Waals surface area contributed by atoms with E-state index in [0.29, 0.717) is 5.69 Å². The average molecular weight is 217 g/mol. The van der Waals surface area contributed by atoms with E-state index in [1.54, 1.807) is 30.2 Å². The lowest BCUT2D eigenvalue weighted by molar-refractivity contribution is 0.0698. The van der Waals surface area contributed by atoms with Gasteiger partial charge in [0.2, 0.25) is 0 Å². The molecule has 1 aromatic carbocycles. The van der Waals surface area contributed by atoms with E-state index in [2.05, 4.69) is 4.98 Å². The molecule has 0 aliphatic heterocycles. The van der Waals surface area contributed by atoms with Crippen molar-refractivity contribution in [2.75, 3.05) is 5.73 Å². The monoisotopic (exact) mass is 217 g/mol. The Balaban J connectivity index is 2.62. The van der Waals surface area contributed by atoms with Gasteiger partial charge in [0.05, 0.1) is 11.9 Å². The van der Waals surface area contributed by atoms with E-state index in [1.165, 1.54) is 6.07 Å². The highest BCUT2D eigenvalue weighted by Crippen LogP contribution is 2.21. The summed E-state index contributed by atoms with van der Waals surface area (Å²) < 4.78 is 1.74. The number of benzene rings is 1. The van der Waals surface area contributed by atoms with Crippen LogP contribution in [0.15, 0.2) is 30.9 Å². The highest BCUT2D eigenvalue weighted by atomic mass is 16.4. The lowest BCUT2D eigenvalue weighted by Gasteiger charge is -2.09. The summed E-state index contributed by atoms with van der Waals surface area (Å²) in [4.78, 5) is 14.9. The number of imidazole rings is 1. The van der Waals surface area contributed by atoms with Crippen LogP contribution in [0.5, 0.6) is 0 Å². The predicted molar refractivity (Wildman–Crippen MR) is 59.7 cm³/mol. The van der Waals surface area contributed by atoms with Gasteiger partial charge in [-0.3, -0.25) is 0 Å². The Bertz CT molecular complexity index is 532. The first-order chi connectivity index (χ1) is 7.59. The normalized spacial score (nSPS) is 10.3. The molecule has 0 aliphatic rings. The summed E-state index contributed by atoms with van der Waals surface area (Å²) in [6, 6.07) is 3.36. The van der Waals surface area contributed by atoms with Gasteiger partial charge in [-0.2, -0.15) is 0 Å². The molecule has 0 unspecified atom stereocenters. The Labute approximate surface area is 92.2 Å². The van der Waals surface area contributed by atoms with E-state index in [9.17, 15) is 4.79 Å². The predicted octanol–water partition coefficient (Wildman–Crippen LogP) is 1.46. The summed E-state index contributed by atoms with van der Waals surface area (Å²) in [6.45, 7) is 1.78. The zero-order chi connectivity index (χ0) is 11.7. The smallest absolute Gasteiger partial charge is 0.337 e. The molecule has 0 saturated carbocycles. The summed E-state index contributed by atoms with van der Waals surface area (Å²) in [7, 11) is 0. The molecule has 0 bridgehead atoms. The van der Waals surface area contributed by atoms with Crippen LogP contribution in [0.4, 0.5) is 5.69 Å². The van der Waals surface area contributed by atoms with Crippen molar-refractivity contribution in [3.63, 3.8) is 0 Å². The van der Waals surface area contributed by atoms with Gasteiger partial charge in [0.15, 0.2) is 0 Å². The number of hydrogen-bond donors (Lipinski definition) is 2. The fraction of sp³-hybridized carbons (Fsp3) is 0.0909. The minimum absolute atomic E-state index is 0.115. The Morgan fingerprint density at radius 3 is 2.81 bits per heavy atom. The number of anilines is 1. The SMILES string of the molecule is Cc1cc(-n2ccnc2)cc(C(=O)O)c1N. The van der Waals surface area contributed by atoms with Gasteiger partial charge in [-0.05, 0) is 24.6 Å². The Morgan fingerprint density at radius 1 is 1.50 bits per heavy atom. The molecule has 16 heavy (non-hydrogen) atoms. The minimum Gasteiger partial charge on any atom is -0.478 e. The van der Waals surface area contributed by atoms with Crippen LogP contribution >= 0.6 is 0 Å². The second-order valence-electron chi connectivity index (χ2n) is 3.50. The third kappa shape index (κ3) is 1.63. The molecule has 2 aromatic rings. The molecular formula is C11H11N3O2. The van der Waals surface area contributed by atoms with E-state index < -0.39 is 5.97 Å². The number of aryl methyl sites for hydroxylation is 1. The molecule has 1 aromatic heterocycles. The van der Waals surface area contributed by atoms with Crippen LogP contribution in [0, 0.1) is 6.92 Å². The lowest BCUT2D eigenvalue weighted by Crippen LogP contribution is -2.06. The topological polar surface area (TPSA) is 81.1 Å². The Kier molecular flexibility index (Phi) is 2.36. The highest BCUT2D eigenvalue weighted by Gasteiger charge is 2.12. The lowest BCUT2D eigenvalue weighted by atomic mass is 10.1. The van der Waals surface area contributed by atoms with Gasteiger partial charge in [-0.1, -0.05) is 0 Å². The van der Waals surface area contributed by atoms with Crippen LogP contribution in [0.1, 0.15) is 15.9 Å². The third-order valence-corrected chi connectivity index (χ3v) is 2.40. The van der Waals surface area contributed by atoms with Crippen LogP contribution in [-0.4, -0.2) is 20.6 Å². The van der Waals surface area contributed by atoms with Gasteiger partial charge in [-0.25, -0.2) is 9.78 Å². The maximum Gasteiger partial charge on any atom is 0.337 e. The summed E-state index contributed by atoms with van der Waals surface area (Å²) >= 11 is 0. The van der Waals surface area contributed by atoms with E-state index in [-0.39, 0.29) is 5.56 Å². The van der Waals surface area contributed by atoms with Crippen molar-refractivity contribution in [2.45, 2.75) is 6.92 Å². The van der Waals surface area contributed by atoms with Crippen molar-refractivity contribution < 1.29 is 9.90 Å². The van der Waals surface area contributed by atoms with E-state index in [4.69, 9.17) is 10.8 Å². The molecule has 0 fully saturated rings. The van der Waals surface area contributed by atoms with Crippen molar-refractivity contribution >= 4 is 11.7 Å². The second-order valence-corrected chi connectivity index (χ2v) is 3.50. The fourth-order valence-electron chi connectivity index (χ4n) is 1.52.